The average molecular weight is 392 g/mol. The number of methoxy groups -OCH3 is 2. The van der Waals surface area contributed by atoms with Crippen LogP contribution in [0.2, 0.25) is 0 Å². The molecule has 8 nitrogen and oxygen atoms in total. The summed E-state index contributed by atoms with van der Waals surface area (Å²) in [5, 5.41) is 3.06. The van der Waals surface area contributed by atoms with Gasteiger partial charge in [-0.15, -0.1) is 0 Å². The molecule has 0 heterocycles. The van der Waals surface area contributed by atoms with Gasteiger partial charge in [0.15, 0.2) is 6.61 Å². The van der Waals surface area contributed by atoms with Crippen LogP contribution in [0.5, 0.6) is 11.5 Å². The maximum atomic E-state index is 11.9. The maximum Gasteiger partial charge on any atom is 0.405 e. The summed E-state index contributed by atoms with van der Waals surface area (Å²) >= 11 is 0. The predicted molar refractivity (Wildman–Crippen MR) is 86.4 cm³/mol. The van der Waals surface area contributed by atoms with Crippen LogP contribution in [0.4, 0.5) is 18.0 Å². The van der Waals surface area contributed by atoms with Gasteiger partial charge in [0.1, 0.15) is 18.0 Å². The molecular weight excluding hydrogens is 373 g/mol. The molecule has 150 valence electrons. The van der Waals surface area contributed by atoms with Gasteiger partial charge in [0.2, 0.25) is 0 Å². The molecule has 3 amide bonds. The smallest absolute Gasteiger partial charge is 0.405 e. The minimum atomic E-state index is -4.60. The van der Waals surface area contributed by atoms with E-state index in [9.17, 15) is 27.6 Å². The van der Waals surface area contributed by atoms with Crippen molar-refractivity contribution in [2.45, 2.75) is 19.0 Å². The van der Waals surface area contributed by atoms with Crippen molar-refractivity contribution in [2.75, 3.05) is 27.4 Å². The third-order valence-corrected chi connectivity index (χ3v) is 3.10. The molecule has 0 aliphatic carbocycles. The lowest BCUT2D eigenvalue weighted by Gasteiger charge is -2.10. The zero-order valence-electron chi connectivity index (χ0n) is 14.6. The zero-order chi connectivity index (χ0) is 20.4. The van der Waals surface area contributed by atoms with Crippen LogP contribution in [0, 0.1) is 0 Å². The van der Waals surface area contributed by atoms with Crippen LogP contribution >= 0.6 is 0 Å². The van der Waals surface area contributed by atoms with Gasteiger partial charge in [0.25, 0.3) is 5.91 Å². The quantitative estimate of drug-likeness (QED) is 0.651. The highest BCUT2D eigenvalue weighted by Crippen LogP contribution is 2.23. The van der Waals surface area contributed by atoms with Crippen LogP contribution in [0.25, 0.3) is 0 Å². The summed E-state index contributed by atoms with van der Waals surface area (Å²) in [4.78, 5) is 34.1. The first-order valence-corrected chi connectivity index (χ1v) is 7.65. The molecule has 0 unspecified atom stereocenters. The molecule has 0 bridgehead atoms. The maximum absolute atomic E-state index is 11.9. The summed E-state index contributed by atoms with van der Waals surface area (Å²) in [5.41, 5.74) is 0.735. The van der Waals surface area contributed by atoms with Crippen LogP contribution in [0.1, 0.15) is 12.0 Å². The number of ether oxygens (including phenoxy) is 3. The number of urea groups is 1. The van der Waals surface area contributed by atoms with Crippen molar-refractivity contribution in [3.05, 3.63) is 23.8 Å². The monoisotopic (exact) mass is 392 g/mol. The van der Waals surface area contributed by atoms with E-state index in [0.29, 0.717) is 11.5 Å². The average Bonchev–Trinajstić information content (AvgIpc) is 2.62. The van der Waals surface area contributed by atoms with Gasteiger partial charge in [-0.1, -0.05) is 0 Å². The number of carbonyl (C=O) groups is 3. The molecule has 0 radical (unpaired) electrons. The highest BCUT2D eigenvalue weighted by atomic mass is 19.4. The number of rotatable bonds is 8. The third kappa shape index (κ3) is 9.33. The summed E-state index contributed by atoms with van der Waals surface area (Å²) in [6, 6.07) is 3.73. The highest BCUT2D eigenvalue weighted by Gasteiger charge is 2.28. The van der Waals surface area contributed by atoms with Crippen molar-refractivity contribution in [1.82, 2.24) is 10.6 Å². The van der Waals surface area contributed by atoms with Gasteiger partial charge in [-0.05, 0) is 24.1 Å². The van der Waals surface area contributed by atoms with Crippen molar-refractivity contribution < 1.29 is 41.8 Å². The van der Waals surface area contributed by atoms with E-state index in [2.05, 4.69) is 4.74 Å². The fourth-order valence-corrected chi connectivity index (χ4v) is 1.86. The van der Waals surface area contributed by atoms with E-state index in [1.807, 2.05) is 0 Å². The van der Waals surface area contributed by atoms with Crippen molar-refractivity contribution in [1.29, 1.82) is 0 Å². The molecule has 11 heteroatoms. The lowest BCUT2D eigenvalue weighted by atomic mass is 10.1. The van der Waals surface area contributed by atoms with E-state index in [1.165, 1.54) is 19.5 Å². The van der Waals surface area contributed by atoms with Crippen molar-refractivity contribution in [3.8, 4) is 11.5 Å². The third-order valence-electron chi connectivity index (χ3n) is 3.10. The Labute approximate surface area is 153 Å². The molecule has 0 aliphatic heterocycles. The number of esters is 1. The SMILES string of the molecule is COc1cc(CCC(=O)OCC(=O)NC(=O)NCC(F)(F)F)cc(OC)c1. The number of nitrogens with one attached hydrogen (secondary N) is 2. The summed E-state index contributed by atoms with van der Waals surface area (Å²) in [7, 11) is 2.96. The summed E-state index contributed by atoms with van der Waals surface area (Å²) in [6.07, 6.45) is -4.39. The number of aryl methyl sites for hydroxylation is 1. The standard InChI is InChI=1S/C16H19F3N2O6/c1-25-11-5-10(6-12(7-11)26-2)3-4-14(23)27-8-13(22)21-15(24)20-9-16(17,18)19/h5-7H,3-4,8-9H2,1-2H3,(H2,20,21,22,24). The Balaban J connectivity index is 2.36. The lowest BCUT2D eigenvalue weighted by molar-refractivity contribution is -0.148. The second-order valence-electron chi connectivity index (χ2n) is 5.23. The number of benzene rings is 1. The minimum Gasteiger partial charge on any atom is -0.497 e. The first-order chi connectivity index (χ1) is 12.6. The van der Waals surface area contributed by atoms with E-state index in [-0.39, 0.29) is 12.8 Å². The molecule has 1 aromatic rings. The summed E-state index contributed by atoms with van der Waals surface area (Å²) in [6.45, 7) is -2.38. The Morgan fingerprint density at radius 1 is 1.04 bits per heavy atom. The molecule has 0 spiro atoms. The molecule has 0 saturated heterocycles. The second-order valence-corrected chi connectivity index (χ2v) is 5.23. The topological polar surface area (TPSA) is 103 Å². The summed E-state index contributed by atoms with van der Waals surface area (Å²) < 4.78 is 50.6. The Bertz CT molecular complexity index is 656. The Hall–Kier alpha value is -2.98. The second kappa shape index (κ2) is 10.2. The fraction of sp³-hybridized carbons (Fsp3) is 0.438. The number of alkyl halides is 3. The normalized spacial score (nSPS) is 10.7. The van der Waals surface area contributed by atoms with Crippen molar-refractivity contribution in [3.63, 3.8) is 0 Å². The molecule has 0 saturated carbocycles. The van der Waals surface area contributed by atoms with Gasteiger partial charge in [-0.3, -0.25) is 14.9 Å². The van der Waals surface area contributed by atoms with E-state index < -0.39 is 37.2 Å². The molecule has 0 aromatic heterocycles. The fourth-order valence-electron chi connectivity index (χ4n) is 1.86. The molecular formula is C16H19F3N2O6. The van der Waals surface area contributed by atoms with Crippen LogP contribution in [0.15, 0.2) is 18.2 Å². The largest absolute Gasteiger partial charge is 0.497 e. The predicted octanol–water partition coefficient (Wildman–Crippen LogP) is 1.57. The van der Waals surface area contributed by atoms with Crippen LogP contribution < -0.4 is 20.1 Å². The number of halogens is 3. The van der Waals surface area contributed by atoms with E-state index >= 15 is 0 Å². The molecule has 1 aromatic carbocycles. The lowest BCUT2D eigenvalue weighted by Crippen LogP contribution is -2.44. The van der Waals surface area contributed by atoms with Gasteiger partial charge >= 0.3 is 18.2 Å². The zero-order valence-corrected chi connectivity index (χ0v) is 14.6. The van der Waals surface area contributed by atoms with Gasteiger partial charge < -0.3 is 19.5 Å². The number of hydrogen-bond acceptors (Lipinski definition) is 6. The summed E-state index contributed by atoms with van der Waals surface area (Å²) in [5.74, 6) is -0.683. The molecule has 1 rings (SSSR count). The van der Waals surface area contributed by atoms with Crippen LogP contribution in [-0.2, 0) is 20.7 Å². The highest BCUT2D eigenvalue weighted by molar-refractivity contribution is 5.95. The number of hydrogen-bond donors (Lipinski definition) is 2. The minimum absolute atomic E-state index is 0.0656. The molecule has 2 N–H and O–H groups in total. The molecule has 0 aliphatic rings. The first kappa shape index (κ1) is 22.1. The number of carbonyl (C=O) groups excluding carboxylic acids is 3. The van der Waals surface area contributed by atoms with Crippen molar-refractivity contribution >= 4 is 17.9 Å². The number of imide groups is 1. The van der Waals surface area contributed by atoms with Crippen LogP contribution in [-0.4, -0.2) is 51.5 Å². The molecule has 0 atom stereocenters. The van der Waals surface area contributed by atoms with Gasteiger partial charge in [-0.25, -0.2) is 4.79 Å². The van der Waals surface area contributed by atoms with E-state index in [1.54, 1.807) is 23.5 Å². The van der Waals surface area contributed by atoms with Gasteiger partial charge in [0.05, 0.1) is 14.2 Å². The van der Waals surface area contributed by atoms with Crippen LogP contribution in [0.3, 0.4) is 0 Å². The Morgan fingerprint density at radius 2 is 1.63 bits per heavy atom. The van der Waals surface area contributed by atoms with Crippen molar-refractivity contribution in [2.24, 2.45) is 0 Å². The molecule has 0 fully saturated rings. The number of amides is 3. The van der Waals surface area contributed by atoms with Gasteiger partial charge in [0, 0.05) is 12.5 Å². The van der Waals surface area contributed by atoms with E-state index in [4.69, 9.17) is 9.47 Å². The van der Waals surface area contributed by atoms with Gasteiger partial charge in [-0.2, -0.15) is 13.2 Å². The first-order valence-electron chi connectivity index (χ1n) is 7.65. The molecule has 27 heavy (non-hydrogen) atoms. The Kier molecular flexibility index (Phi) is 8.36. The van der Waals surface area contributed by atoms with E-state index in [0.717, 1.165) is 5.56 Å². The Morgan fingerprint density at radius 3 is 2.15 bits per heavy atom.